The van der Waals surface area contributed by atoms with Gasteiger partial charge in [-0.3, -0.25) is 9.59 Å². The fourth-order valence-corrected chi connectivity index (χ4v) is 2.88. The fourth-order valence-electron chi connectivity index (χ4n) is 2.88. The van der Waals surface area contributed by atoms with E-state index in [1.54, 1.807) is 0 Å². The lowest BCUT2D eigenvalue weighted by atomic mass is 9.95. The smallest absolute Gasteiger partial charge is 0.307 e. The number of aliphatic carboxylic acids is 1. The van der Waals surface area contributed by atoms with Gasteiger partial charge in [-0.1, -0.05) is 6.92 Å². The molecule has 0 bridgehead atoms. The topological polar surface area (TPSA) is 78.4 Å². The van der Waals surface area contributed by atoms with Gasteiger partial charge in [0.05, 0.1) is 11.8 Å². The number of nitrogens with one attached hydrogen (secondary N) is 2. The van der Waals surface area contributed by atoms with E-state index in [1.807, 2.05) is 6.92 Å². The molecule has 2 aliphatic carbocycles. The molecule has 0 heterocycles. The van der Waals surface area contributed by atoms with E-state index >= 15 is 0 Å². The summed E-state index contributed by atoms with van der Waals surface area (Å²) in [4.78, 5) is 23.2. The molecule has 0 aromatic carbocycles. The highest BCUT2D eigenvalue weighted by Crippen LogP contribution is 2.36. The standard InChI is InChI=1S/C14H24N2O3/c1-9-7-11(12(8-9)14(18)19)13(17)16-6-2-5-15-10-3-4-10/h9-12,15H,2-8H2,1H3,(H,16,17)(H,18,19). The first kappa shape index (κ1) is 14.3. The summed E-state index contributed by atoms with van der Waals surface area (Å²) in [5.74, 6) is -1.43. The van der Waals surface area contributed by atoms with Gasteiger partial charge in [-0.05, 0) is 44.6 Å². The molecule has 3 atom stereocenters. The van der Waals surface area contributed by atoms with Gasteiger partial charge in [0.1, 0.15) is 0 Å². The van der Waals surface area contributed by atoms with E-state index in [-0.39, 0.29) is 11.8 Å². The van der Waals surface area contributed by atoms with Crippen LogP contribution < -0.4 is 10.6 Å². The molecule has 5 nitrogen and oxygen atoms in total. The average molecular weight is 268 g/mol. The zero-order valence-electron chi connectivity index (χ0n) is 11.5. The summed E-state index contributed by atoms with van der Waals surface area (Å²) in [6, 6.07) is 0.697. The minimum absolute atomic E-state index is 0.0804. The van der Waals surface area contributed by atoms with Gasteiger partial charge in [-0.2, -0.15) is 0 Å². The van der Waals surface area contributed by atoms with Crippen molar-refractivity contribution in [2.45, 2.75) is 45.1 Å². The Morgan fingerprint density at radius 2 is 1.84 bits per heavy atom. The summed E-state index contributed by atoms with van der Waals surface area (Å²) in [6.45, 7) is 3.58. The Bertz CT molecular complexity index is 342. The highest BCUT2D eigenvalue weighted by atomic mass is 16.4. The predicted octanol–water partition coefficient (Wildman–Crippen LogP) is 0.992. The van der Waals surface area contributed by atoms with Crippen molar-refractivity contribution in [3.05, 3.63) is 0 Å². The molecule has 2 aliphatic rings. The van der Waals surface area contributed by atoms with Crippen LogP contribution >= 0.6 is 0 Å². The molecule has 0 aliphatic heterocycles. The molecule has 1 amide bonds. The Balaban J connectivity index is 1.67. The molecule has 0 saturated heterocycles. The van der Waals surface area contributed by atoms with E-state index < -0.39 is 11.9 Å². The lowest BCUT2D eigenvalue weighted by Crippen LogP contribution is -2.36. The largest absolute Gasteiger partial charge is 0.481 e. The number of rotatable bonds is 7. The third-order valence-corrected chi connectivity index (χ3v) is 4.12. The molecular weight excluding hydrogens is 244 g/mol. The van der Waals surface area contributed by atoms with Crippen LogP contribution in [0.1, 0.15) is 39.0 Å². The normalized spacial score (nSPS) is 30.3. The average Bonchev–Trinajstić information content (AvgIpc) is 3.09. The Hall–Kier alpha value is -1.10. The summed E-state index contributed by atoms with van der Waals surface area (Å²) in [5, 5.41) is 15.4. The zero-order chi connectivity index (χ0) is 13.8. The first-order chi connectivity index (χ1) is 9.08. The number of carboxylic acid groups (broad SMARTS) is 1. The van der Waals surface area contributed by atoms with Gasteiger partial charge < -0.3 is 15.7 Å². The van der Waals surface area contributed by atoms with Crippen LogP contribution in [0.4, 0.5) is 0 Å². The van der Waals surface area contributed by atoms with Gasteiger partial charge in [0, 0.05) is 12.6 Å². The van der Waals surface area contributed by atoms with Crippen LogP contribution in [-0.4, -0.2) is 36.1 Å². The molecule has 2 fully saturated rings. The maximum Gasteiger partial charge on any atom is 0.307 e. The van der Waals surface area contributed by atoms with Crippen molar-refractivity contribution in [2.24, 2.45) is 17.8 Å². The molecule has 0 radical (unpaired) electrons. The van der Waals surface area contributed by atoms with Gasteiger partial charge in [-0.15, -0.1) is 0 Å². The second kappa shape index (κ2) is 6.37. The summed E-state index contributed by atoms with van der Waals surface area (Å²) in [6.07, 6.45) is 4.77. The molecule has 0 aromatic rings. The second-order valence-corrected chi connectivity index (χ2v) is 6.00. The Labute approximate surface area is 114 Å². The summed E-state index contributed by atoms with van der Waals surface area (Å²) in [7, 11) is 0. The number of amides is 1. The number of carbonyl (C=O) groups is 2. The number of hydrogen-bond acceptors (Lipinski definition) is 3. The Morgan fingerprint density at radius 1 is 1.16 bits per heavy atom. The molecule has 0 aromatic heterocycles. The molecule has 108 valence electrons. The zero-order valence-corrected chi connectivity index (χ0v) is 11.5. The fraction of sp³-hybridized carbons (Fsp3) is 0.857. The van der Waals surface area contributed by atoms with Crippen molar-refractivity contribution in [1.29, 1.82) is 0 Å². The molecule has 2 saturated carbocycles. The molecular formula is C14H24N2O3. The van der Waals surface area contributed by atoms with Crippen LogP contribution in [0.5, 0.6) is 0 Å². The van der Waals surface area contributed by atoms with Gasteiger partial charge in [0.2, 0.25) is 5.91 Å². The van der Waals surface area contributed by atoms with Crippen molar-refractivity contribution in [3.8, 4) is 0 Å². The molecule has 2 rings (SSSR count). The summed E-state index contributed by atoms with van der Waals surface area (Å²) < 4.78 is 0. The van der Waals surface area contributed by atoms with Crippen LogP contribution in [0.2, 0.25) is 0 Å². The van der Waals surface area contributed by atoms with Gasteiger partial charge in [-0.25, -0.2) is 0 Å². The minimum atomic E-state index is -0.833. The maximum atomic E-state index is 12.0. The van der Waals surface area contributed by atoms with Crippen LogP contribution in [0.15, 0.2) is 0 Å². The van der Waals surface area contributed by atoms with Crippen molar-refractivity contribution >= 4 is 11.9 Å². The van der Waals surface area contributed by atoms with Gasteiger partial charge in [0.25, 0.3) is 0 Å². The molecule has 3 unspecified atom stereocenters. The SMILES string of the molecule is CC1CC(C(=O)O)C(C(=O)NCCCNC2CC2)C1. The third kappa shape index (κ3) is 4.20. The van der Waals surface area contributed by atoms with Gasteiger partial charge in [0.15, 0.2) is 0 Å². The molecule has 3 N–H and O–H groups in total. The third-order valence-electron chi connectivity index (χ3n) is 4.12. The number of hydrogen-bond donors (Lipinski definition) is 3. The molecule has 19 heavy (non-hydrogen) atoms. The van der Waals surface area contributed by atoms with E-state index in [0.717, 1.165) is 13.0 Å². The van der Waals surface area contributed by atoms with Crippen molar-refractivity contribution in [2.75, 3.05) is 13.1 Å². The Morgan fingerprint density at radius 3 is 2.47 bits per heavy atom. The van der Waals surface area contributed by atoms with Crippen molar-refractivity contribution < 1.29 is 14.7 Å². The van der Waals surface area contributed by atoms with E-state index in [9.17, 15) is 9.59 Å². The highest BCUT2D eigenvalue weighted by Gasteiger charge is 2.40. The lowest BCUT2D eigenvalue weighted by Gasteiger charge is -2.15. The second-order valence-electron chi connectivity index (χ2n) is 6.00. The summed E-state index contributed by atoms with van der Waals surface area (Å²) >= 11 is 0. The minimum Gasteiger partial charge on any atom is -0.481 e. The predicted molar refractivity (Wildman–Crippen MR) is 71.7 cm³/mol. The van der Waals surface area contributed by atoms with Crippen LogP contribution in [-0.2, 0) is 9.59 Å². The first-order valence-electron chi connectivity index (χ1n) is 7.32. The quantitative estimate of drug-likeness (QED) is 0.602. The van der Waals surface area contributed by atoms with Crippen molar-refractivity contribution in [3.63, 3.8) is 0 Å². The molecule has 0 spiro atoms. The van der Waals surface area contributed by atoms with E-state index in [0.29, 0.717) is 31.3 Å². The highest BCUT2D eigenvalue weighted by molar-refractivity contribution is 5.85. The van der Waals surface area contributed by atoms with E-state index in [2.05, 4.69) is 10.6 Å². The number of carbonyl (C=O) groups excluding carboxylic acids is 1. The monoisotopic (exact) mass is 268 g/mol. The number of carboxylic acids is 1. The lowest BCUT2D eigenvalue weighted by molar-refractivity contribution is -0.146. The first-order valence-corrected chi connectivity index (χ1v) is 7.32. The van der Waals surface area contributed by atoms with Crippen molar-refractivity contribution in [1.82, 2.24) is 10.6 Å². The molecule has 5 heteroatoms. The van der Waals surface area contributed by atoms with E-state index in [1.165, 1.54) is 12.8 Å². The van der Waals surface area contributed by atoms with Crippen LogP contribution in [0, 0.1) is 17.8 Å². The van der Waals surface area contributed by atoms with Crippen LogP contribution in [0.25, 0.3) is 0 Å². The van der Waals surface area contributed by atoms with E-state index in [4.69, 9.17) is 5.11 Å². The maximum absolute atomic E-state index is 12.0. The van der Waals surface area contributed by atoms with Gasteiger partial charge >= 0.3 is 5.97 Å². The summed E-state index contributed by atoms with van der Waals surface area (Å²) in [5.41, 5.74) is 0. The Kier molecular flexibility index (Phi) is 4.80. The van der Waals surface area contributed by atoms with Crippen LogP contribution in [0.3, 0.4) is 0 Å².